The lowest BCUT2D eigenvalue weighted by Gasteiger charge is -2.36. The number of guanidine groups is 1. The molecule has 1 aliphatic heterocycles. The van der Waals surface area contributed by atoms with E-state index >= 15 is 0 Å². The predicted octanol–water partition coefficient (Wildman–Crippen LogP) is 2.64. The van der Waals surface area contributed by atoms with Gasteiger partial charge in [-0.2, -0.15) is 0 Å². The second kappa shape index (κ2) is 14.8. The van der Waals surface area contributed by atoms with Crippen LogP contribution >= 0.6 is 24.0 Å². The zero-order chi connectivity index (χ0) is 19.5. The second-order valence-corrected chi connectivity index (χ2v) is 8.24. The van der Waals surface area contributed by atoms with Crippen LogP contribution in [0.25, 0.3) is 0 Å². The number of nitrogens with zero attached hydrogens (tertiary/aromatic N) is 3. The number of nitrogens with one attached hydrogen (secondary N) is 2. The molecule has 0 amide bonds. The van der Waals surface area contributed by atoms with Gasteiger partial charge in [0.15, 0.2) is 5.96 Å². The van der Waals surface area contributed by atoms with Crippen molar-refractivity contribution >= 4 is 29.9 Å². The molecule has 1 unspecified atom stereocenters. The minimum Gasteiger partial charge on any atom is -0.379 e. The van der Waals surface area contributed by atoms with E-state index in [1.54, 1.807) is 0 Å². The summed E-state index contributed by atoms with van der Waals surface area (Å²) in [5.41, 5.74) is 0. The third-order valence-corrected chi connectivity index (χ3v) is 5.02. The number of hydrogen-bond acceptors (Lipinski definition) is 4. The number of hydrogen-bond donors (Lipinski definition) is 2. The molecular weight excluding hydrogens is 453 g/mol. The predicted molar refractivity (Wildman–Crippen MR) is 127 cm³/mol. The van der Waals surface area contributed by atoms with Gasteiger partial charge in [0, 0.05) is 57.9 Å². The summed E-state index contributed by atoms with van der Waals surface area (Å²) in [6, 6.07) is 1.65. The molecule has 162 valence electrons. The van der Waals surface area contributed by atoms with E-state index in [1.165, 1.54) is 6.42 Å². The molecule has 1 aliphatic rings. The smallest absolute Gasteiger partial charge is 0.191 e. The Morgan fingerprint density at radius 2 is 1.63 bits per heavy atom. The van der Waals surface area contributed by atoms with Crippen LogP contribution in [0.4, 0.5) is 0 Å². The van der Waals surface area contributed by atoms with E-state index in [1.807, 2.05) is 7.05 Å². The molecule has 1 fully saturated rings. The van der Waals surface area contributed by atoms with Crippen LogP contribution in [0.15, 0.2) is 4.99 Å². The van der Waals surface area contributed by atoms with Crippen LogP contribution < -0.4 is 10.6 Å². The zero-order valence-corrected chi connectivity index (χ0v) is 21.0. The minimum atomic E-state index is 0. The first kappa shape index (κ1) is 26.9. The summed E-state index contributed by atoms with van der Waals surface area (Å²) in [4.78, 5) is 9.46. The topological polar surface area (TPSA) is 52.1 Å². The highest BCUT2D eigenvalue weighted by atomic mass is 127. The summed E-state index contributed by atoms with van der Waals surface area (Å²) in [5.74, 6) is 1.59. The maximum absolute atomic E-state index is 5.51. The average molecular weight is 498 g/mol. The van der Waals surface area contributed by atoms with Crippen molar-refractivity contribution in [3.63, 3.8) is 0 Å². The Labute approximate surface area is 184 Å². The van der Waals surface area contributed by atoms with Crippen LogP contribution in [0.5, 0.6) is 0 Å². The Kier molecular flexibility index (Phi) is 14.8. The van der Waals surface area contributed by atoms with Crippen molar-refractivity contribution in [3.05, 3.63) is 0 Å². The summed E-state index contributed by atoms with van der Waals surface area (Å²) in [5, 5.41) is 7.02. The van der Waals surface area contributed by atoms with E-state index in [9.17, 15) is 0 Å². The van der Waals surface area contributed by atoms with Gasteiger partial charge in [0.25, 0.3) is 0 Å². The van der Waals surface area contributed by atoms with E-state index < -0.39 is 0 Å². The quantitative estimate of drug-likeness (QED) is 0.276. The summed E-state index contributed by atoms with van der Waals surface area (Å²) < 4.78 is 5.51. The van der Waals surface area contributed by atoms with Crippen molar-refractivity contribution in [2.75, 3.05) is 53.0 Å². The van der Waals surface area contributed by atoms with E-state index in [4.69, 9.17) is 4.74 Å². The summed E-state index contributed by atoms with van der Waals surface area (Å²) in [7, 11) is 1.85. The first-order valence-corrected chi connectivity index (χ1v) is 10.4. The fraction of sp³-hybridized carbons (Fsp3) is 0.950. The van der Waals surface area contributed by atoms with Crippen molar-refractivity contribution in [1.29, 1.82) is 0 Å². The third kappa shape index (κ3) is 10.9. The van der Waals surface area contributed by atoms with Gasteiger partial charge < -0.3 is 15.4 Å². The summed E-state index contributed by atoms with van der Waals surface area (Å²) >= 11 is 0. The van der Waals surface area contributed by atoms with E-state index in [0.717, 1.165) is 51.9 Å². The zero-order valence-electron chi connectivity index (χ0n) is 18.6. The fourth-order valence-corrected chi connectivity index (χ4v) is 3.70. The molecular formula is C20H44IN5O. The highest BCUT2D eigenvalue weighted by molar-refractivity contribution is 14.0. The van der Waals surface area contributed by atoms with Gasteiger partial charge in [0.05, 0.1) is 13.2 Å². The van der Waals surface area contributed by atoms with Gasteiger partial charge in [-0.3, -0.25) is 14.8 Å². The number of rotatable bonds is 10. The maximum Gasteiger partial charge on any atom is 0.191 e. The van der Waals surface area contributed by atoms with Crippen molar-refractivity contribution in [1.82, 2.24) is 20.4 Å². The van der Waals surface area contributed by atoms with Gasteiger partial charge in [-0.1, -0.05) is 13.8 Å². The van der Waals surface area contributed by atoms with Crippen LogP contribution in [0, 0.1) is 5.92 Å². The summed E-state index contributed by atoms with van der Waals surface area (Å²) in [6.45, 7) is 20.2. The SMILES string of the molecule is CN=C(NCCN(C(C)C)C(C)C)NCC(CC(C)C)N1CCOCC1.I. The van der Waals surface area contributed by atoms with Crippen molar-refractivity contribution in [3.8, 4) is 0 Å². The molecule has 1 heterocycles. The van der Waals surface area contributed by atoms with Crippen LogP contribution in [0.2, 0.25) is 0 Å². The molecule has 7 heteroatoms. The molecule has 0 aromatic carbocycles. The molecule has 1 atom stereocenters. The van der Waals surface area contributed by atoms with E-state index in [2.05, 4.69) is 67.0 Å². The number of morpholine rings is 1. The second-order valence-electron chi connectivity index (χ2n) is 8.24. The Hall–Kier alpha value is -0.120. The van der Waals surface area contributed by atoms with Crippen molar-refractivity contribution in [2.24, 2.45) is 10.9 Å². The Bertz CT molecular complexity index is 390. The molecule has 0 spiro atoms. The van der Waals surface area contributed by atoms with Gasteiger partial charge in [0.2, 0.25) is 0 Å². The minimum absolute atomic E-state index is 0. The molecule has 1 rings (SSSR count). The molecule has 6 nitrogen and oxygen atoms in total. The molecule has 0 radical (unpaired) electrons. The lowest BCUT2D eigenvalue weighted by atomic mass is 10.0. The molecule has 0 aromatic heterocycles. The van der Waals surface area contributed by atoms with E-state index in [-0.39, 0.29) is 24.0 Å². The molecule has 1 saturated heterocycles. The van der Waals surface area contributed by atoms with Gasteiger partial charge in [-0.25, -0.2) is 0 Å². The Balaban J connectivity index is 0.00000676. The molecule has 0 aromatic rings. The highest BCUT2D eigenvalue weighted by Crippen LogP contribution is 2.13. The van der Waals surface area contributed by atoms with E-state index in [0.29, 0.717) is 24.0 Å². The first-order valence-electron chi connectivity index (χ1n) is 10.4. The highest BCUT2D eigenvalue weighted by Gasteiger charge is 2.22. The normalized spacial score (nSPS) is 17.5. The third-order valence-electron chi connectivity index (χ3n) is 5.02. The van der Waals surface area contributed by atoms with Crippen LogP contribution in [0.1, 0.15) is 48.0 Å². The molecule has 2 N–H and O–H groups in total. The lowest BCUT2D eigenvalue weighted by molar-refractivity contribution is 0.0132. The Morgan fingerprint density at radius 3 is 2.11 bits per heavy atom. The van der Waals surface area contributed by atoms with Crippen molar-refractivity contribution < 1.29 is 4.74 Å². The number of aliphatic imine (C=N–C) groups is 1. The van der Waals surface area contributed by atoms with Gasteiger partial charge in [0.1, 0.15) is 0 Å². The Morgan fingerprint density at radius 1 is 1.04 bits per heavy atom. The maximum atomic E-state index is 5.51. The number of halogens is 1. The molecule has 0 saturated carbocycles. The summed E-state index contributed by atoms with van der Waals surface area (Å²) in [6.07, 6.45) is 1.19. The standard InChI is InChI=1S/C20H43N5O.HI/c1-16(2)14-19(24-10-12-26-13-11-24)15-23-20(21-7)22-8-9-25(17(3)4)18(5)6;/h16-19H,8-15H2,1-7H3,(H2,21,22,23);1H. The molecule has 27 heavy (non-hydrogen) atoms. The average Bonchev–Trinajstić information content (AvgIpc) is 2.59. The monoisotopic (exact) mass is 497 g/mol. The van der Waals surface area contributed by atoms with Gasteiger partial charge in [-0.05, 0) is 40.0 Å². The largest absolute Gasteiger partial charge is 0.379 e. The lowest BCUT2D eigenvalue weighted by Crippen LogP contribution is -2.51. The van der Waals surface area contributed by atoms with Crippen LogP contribution in [-0.4, -0.2) is 86.9 Å². The fourth-order valence-electron chi connectivity index (χ4n) is 3.70. The van der Waals surface area contributed by atoms with Crippen LogP contribution in [-0.2, 0) is 4.74 Å². The molecule has 0 bridgehead atoms. The van der Waals surface area contributed by atoms with Gasteiger partial charge in [-0.15, -0.1) is 24.0 Å². The van der Waals surface area contributed by atoms with Crippen LogP contribution in [0.3, 0.4) is 0 Å². The van der Waals surface area contributed by atoms with Crippen molar-refractivity contribution in [2.45, 2.75) is 66.1 Å². The molecule has 0 aliphatic carbocycles. The van der Waals surface area contributed by atoms with Gasteiger partial charge >= 0.3 is 0 Å². The first-order chi connectivity index (χ1) is 12.3. The number of ether oxygens (including phenoxy) is 1.